The molecular formula is C21H23N3O2S. The first-order valence-corrected chi connectivity index (χ1v) is 9.52. The third-order valence-electron chi connectivity index (χ3n) is 4.57. The zero-order valence-corrected chi connectivity index (χ0v) is 16.1. The zero-order chi connectivity index (χ0) is 19.2. The van der Waals surface area contributed by atoms with Crippen molar-refractivity contribution in [1.82, 2.24) is 10.2 Å². The molecule has 1 fully saturated rings. The smallest absolute Gasteiger partial charge is 0.257 e. The highest BCUT2D eigenvalue weighted by atomic mass is 32.1. The monoisotopic (exact) mass is 381 g/mol. The summed E-state index contributed by atoms with van der Waals surface area (Å²) in [7, 11) is 0. The SMILES string of the molecule is Cc1ccc(C(=O)NC(=S)Nc2ccc(C(=O)N3CCCCC3)cc2)cc1. The number of likely N-dealkylation sites (tertiary alicyclic amines) is 1. The van der Waals surface area contributed by atoms with E-state index in [0.29, 0.717) is 11.1 Å². The van der Waals surface area contributed by atoms with Gasteiger partial charge in [-0.15, -0.1) is 0 Å². The van der Waals surface area contributed by atoms with Gasteiger partial charge in [-0.2, -0.15) is 0 Å². The minimum atomic E-state index is -0.260. The number of aryl methyl sites for hydroxylation is 1. The Labute approximate surface area is 164 Å². The molecule has 1 aliphatic rings. The molecule has 0 radical (unpaired) electrons. The molecular weight excluding hydrogens is 358 g/mol. The van der Waals surface area contributed by atoms with E-state index >= 15 is 0 Å². The zero-order valence-electron chi connectivity index (χ0n) is 15.3. The van der Waals surface area contributed by atoms with Gasteiger partial charge < -0.3 is 10.2 Å². The molecule has 2 aromatic carbocycles. The Kier molecular flexibility index (Phi) is 6.19. The molecule has 0 aliphatic carbocycles. The summed E-state index contributed by atoms with van der Waals surface area (Å²) >= 11 is 5.21. The summed E-state index contributed by atoms with van der Waals surface area (Å²) in [4.78, 5) is 26.6. The fraction of sp³-hybridized carbons (Fsp3) is 0.286. The average Bonchev–Trinajstić information content (AvgIpc) is 2.69. The van der Waals surface area contributed by atoms with E-state index in [1.54, 1.807) is 36.4 Å². The maximum atomic E-state index is 12.5. The summed E-state index contributed by atoms with van der Waals surface area (Å²) in [5.41, 5.74) is 3.02. The number of nitrogens with one attached hydrogen (secondary N) is 2. The lowest BCUT2D eigenvalue weighted by atomic mass is 10.1. The van der Waals surface area contributed by atoms with Gasteiger partial charge in [-0.3, -0.25) is 14.9 Å². The van der Waals surface area contributed by atoms with Gasteiger partial charge in [-0.25, -0.2) is 0 Å². The number of piperidine rings is 1. The van der Waals surface area contributed by atoms with Crippen LogP contribution in [0.3, 0.4) is 0 Å². The molecule has 140 valence electrons. The van der Waals surface area contributed by atoms with Crippen LogP contribution in [0.4, 0.5) is 5.69 Å². The van der Waals surface area contributed by atoms with Crippen molar-refractivity contribution in [2.24, 2.45) is 0 Å². The largest absolute Gasteiger partial charge is 0.339 e. The molecule has 0 spiro atoms. The normalized spacial score (nSPS) is 13.7. The van der Waals surface area contributed by atoms with Crippen LogP contribution in [-0.4, -0.2) is 34.9 Å². The van der Waals surface area contributed by atoms with Gasteiger partial charge in [-0.05, 0) is 74.8 Å². The van der Waals surface area contributed by atoms with Gasteiger partial charge in [0, 0.05) is 29.9 Å². The van der Waals surface area contributed by atoms with Crippen molar-refractivity contribution in [2.75, 3.05) is 18.4 Å². The predicted molar refractivity (Wildman–Crippen MR) is 111 cm³/mol. The molecule has 0 aromatic heterocycles. The quantitative estimate of drug-likeness (QED) is 0.795. The molecule has 5 nitrogen and oxygen atoms in total. The minimum absolute atomic E-state index is 0.0662. The van der Waals surface area contributed by atoms with Crippen LogP contribution in [-0.2, 0) is 0 Å². The number of nitrogens with zero attached hydrogens (tertiary/aromatic N) is 1. The Morgan fingerprint density at radius 1 is 0.889 bits per heavy atom. The maximum Gasteiger partial charge on any atom is 0.257 e. The molecule has 6 heteroatoms. The lowest BCUT2D eigenvalue weighted by Crippen LogP contribution is -2.35. The number of benzene rings is 2. The highest BCUT2D eigenvalue weighted by Crippen LogP contribution is 2.15. The molecule has 2 aromatic rings. The van der Waals surface area contributed by atoms with Crippen LogP contribution in [0.15, 0.2) is 48.5 Å². The van der Waals surface area contributed by atoms with Crippen molar-refractivity contribution in [1.29, 1.82) is 0 Å². The second-order valence-corrected chi connectivity index (χ2v) is 7.11. The van der Waals surface area contributed by atoms with Gasteiger partial charge in [0.2, 0.25) is 0 Å². The van der Waals surface area contributed by atoms with Crippen LogP contribution in [0.1, 0.15) is 45.5 Å². The first-order chi connectivity index (χ1) is 13.0. The number of amides is 2. The van der Waals surface area contributed by atoms with Gasteiger partial charge in [-0.1, -0.05) is 17.7 Å². The molecule has 0 bridgehead atoms. The number of rotatable bonds is 3. The maximum absolute atomic E-state index is 12.5. The molecule has 1 heterocycles. The summed E-state index contributed by atoms with van der Waals surface area (Å²) in [6.45, 7) is 3.62. The van der Waals surface area contributed by atoms with Crippen LogP contribution in [0.25, 0.3) is 0 Å². The summed E-state index contributed by atoms with van der Waals surface area (Å²) in [5, 5.41) is 5.85. The lowest BCUT2D eigenvalue weighted by Gasteiger charge is -2.26. The molecule has 2 N–H and O–H groups in total. The molecule has 1 aliphatic heterocycles. The number of thiocarbonyl (C=S) groups is 1. The van der Waals surface area contributed by atoms with Crippen LogP contribution in [0.2, 0.25) is 0 Å². The second-order valence-electron chi connectivity index (χ2n) is 6.70. The number of hydrogen-bond donors (Lipinski definition) is 2. The fourth-order valence-electron chi connectivity index (χ4n) is 3.02. The van der Waals surface area contributed by atoms with E-state index in [4.69, 9.17) is 12.2 Å². The Balaban J connectivity index is 1.55. The molecule has 0 saturated carbocycles. The van der Waals surface area contributed by atoms with E-state index in [1.165, 1.54) is 6.42 Å². The summed E-state index contributed by atoms with van der Waals surface area (Å²) in [5.74, 6) is -0.194. The standard InChI is InChI=1S/C21H23N3O2S/c1-15-5-7-16(8-6-15)19(25)23-21(27)22-18-11-9-17(10-12-18)20(26)24-13-3-2-4-14-24/h5-12H,2-4,13-14H2,1H3,(H2,22,23,25,27). The van der Waals surface area contributed by atoms with Crippen LogP contribution >= 0.6 is 12.2 Å². The Bertz CT molecular complexity index is 826. The summed E-state index contributed by atoms with van der Waals surface area (Å²) in [6, 6.07) is 14.4. The molecule has 2 amide bonds. The lowest BCUT2D eigenvalue weighted by molar-refractivity contribution is 0.0724. The topological polar surface area (TPSA) is 61.4 Å². The first kappa shape index (κ1) is 19.0. The van der Waals surface area contributed by atoms with E-state index in [9.17, 15) is 9.59 Å². The van der Waals surface area contributed by atoms with Crippen molar-refractivity contribution in [3.63, 3.8) is 0 Å². The highest BCUT2D eigenvalue weighted by molar-refractivity contribution is 7.80. The van der Waals surface area contributed by atoms with E-state index in [1.807, 2.05) is 24.0 Å². The van der Waals surface area contributed by atoms with Crippen molar-refractivity contribution in [3.8, 4) is 0 Å². The van der Waals surface area contributed by atoms with Gasteiger partial charge >= 0.3 is 0 Å². The minimum Gasteiger partial charge on any atom is -0.339 e. The van der Waals surface area contributed by atoms with Crippen molar-refractivity contribution >= 4 is 34.8 Å². The van der Waals surface area contributed by atoms with Crippen LogP contribution in [0.5, 0.6) is 0 Å². The molecule has 1 saturated heterocycles. The summed E-state index contributed by atoms with van der Waals surface area (Å²) < 4.78 is 0. The molecule has 27 heavy (non-hydrogen) atoms. The van der Waals surface area contributed by atoms with E-state index < -0.39 is 0 Å². The van der Waals surface area contributed by atoms with Crippen molar-refractivity contribution < 1.29 is 9.59 Å². The van der Waals surface area contributed by atoms with Gasteiger partial charge in [0.15, 0.2) is 5.11 Å². The van der Waals surface area contributed by atoms with Gasteiger partial charge in [0.25, 0.3) is 11.8 Å². The van der Waals surface area contributed by atoms with Crippen molar-refractivity contribution in [2.45, 2.75) is 26.2 Å². The third kappa shape index (κ3) is 5.14. The van der Waals surface area contributed by atoms with Gasteiger partial charge in [0.1, 0.15) is 0 Å². The van der Waals surface area contributed by atoms with E-state index in [2.05, 4.69) is 10.6 Å². The molecule has 0 unspecified atom stereocenters. The second kappa shape index (κ2) is 8.77. The Morgan fingerprint density at radius 2 is 1.48 bits per heavy atom. The predicted octanol–water partition coefficient (Wildman–Crippen LogP) is 3.75. The average molecular weight is 382 g/mol. The number of hydrogen-bond acceptors (Lipinski definition) is 3. The van der Waals surface area contributed by atoms with E-state index in [0.717, 1.165) is 37.2 Å². The number of carbonyl (C=O) groups is 2. The van der Waals surface area contributed by atoms with Crippen LogP contribution in [0, 0.1) is 6.92 Å². The fourth-order valence-corrected chi connectivity index (χ4v) is 3.23. The molecule has 0 atom stereocenters. The third-order valence-corrected chi connectivity index (χ3v) is 4.78. The number of anilines is 1. The van der Waals surface area contributed by atoms with Crippen molar-refractivity contribution in [3.05, 3.63) is 65.2 Å². The van der Waals surface area contributed by atoms with E-state index in [-0.39, 0.29) is 16.9 Å². The Hall–Kier alpha value is -2.73. The first-order valence-electron chi connectivity index (χ1n) is 9.11. The van der Waals surface area contributed by atoms with Crippen LogP contribution < -0.4 is 10.6 Å². The summed E-state index contributed by atoms with van der Waals surface area (Å²) in [6.07, 6.45) is 3.33. The Morgan fingerprint density at radius 3 is 2.11 bits per heavy atom. The molecule has 3 rings (SSSR count). The highest BCUT2D eigenvalue weighted by Gasteiger charge is 2.18. The van der Waals surface area contributed by atoms with Gasteiger partial charge in [0.05, 0.1) is 0 Å². The number of carbonyl (C=O) groups excluding carboxylic acids is 2.